The van der Waals surface area contributed by atoms with E-state index in [9.17, 15) is 9.59 Å². The number of carbonyl (C=O) groups is 2. The molecule has 0 unspecified atom stereocenters. The smallest absolute Gasteiger partial charge is 0.251 e. The molecule has 1 heterocycles. The van der Waals surface area contributed by atoms with Crippen molar-refractivity contribution in [3.63, 3.8) is 0 Å². The quantitative estimate of drug-likeness (QED) is 0.793. The van der Waals surface area contributed by atoms with Gasteiger partial charge < -0.3 is 10.6 Å². The van der Waals surface area contributed by atoms with E-state index in [0.717, 1.165) is 25.2 Å². The van der Waals surface area contributed by atoms with Gasteiger partial charge in [-0.3, -0.25) is 14.5 Å². The lowest BCUT2D eigenvalue weighted by Crippen LogP contribution is -2.39. The molecule has 0 aliphatic carbocycles. The fraction of sp³-hybridized carbons (Fsp3) is 0.529. The highest BCUT2D eigenvalue weighted by Crippen LogP contribution is 2.08. The molecular formula is C17H25N3O2S. The van der Waals surface area contributed by atoms with Gasteiger partial charge in [-0.15, -0.1) is 0 Å². The molecule has 2 amide bonds. The lowest BCUT2D eigenvalue weighted by molar-refractivity contribution is -0.120. The average Bonchev–Trinajstić information content (AvgIpc) is 2.60. The van der Waals surface area contributed by atoms with Crippen molar-refractivity contribution in [1.29, 1.82) is 0 Å². The van der Waals surface area contributed by atoms with Gasteiger partial charge in [-0.1, -0.05) is 19.1 Å². The molecule has 0 radical (unpaired) electrons. The molecule has 1 fully saturated rings. The second kappa shape index (κ2) is 9.57. The minimum atomic E-state index is -0.0555. The normalized spacial score (nSPS) is 15.2. The van der Waals surface area contributed by atoms with Crippen LogP contribution in [0.3, 0.4) is 0 Å². The highest BCUT2D eigenvalue weighted by Gasteiger charge is 2.11. The van der Waals surface area contributed by atoms with Gasteiger partial charge in [-0.05, 0) is 17.7 Å². The Bertz CT molecular complexity index is 530. The first-order valence-electron chi connectivity index (χ1n) is 8.13. The molecule has 0 aromatic heterocycles. The maximum Gasteiger partial charge on any atom is 0.251 e. The van der Waals surface area contributed by atoms with Crippen LogP contribution in [0.15, 0.2) is 24.3 Å². The van der Waals surface area contributed by atoms with Gasteiger partial charge in [-0.25, -0.2) is 0 Å². The SMILES string of the molecule is CCC(=O)NCc1cccc(C(=O)NCCN2CCSCC2)c1. The van der Waals surface area contributed by atoms with Crippen molar-refractivity contribution in [3.05, 3.63) is 35.4 Å². The average molecular weight is 335 g/mol. The van der Waals surface area contributed by atoms with Crippen LogP contribution < -0.4 is 10.6 Å². The van der Waals surface area contributed by atoms with Gasteiger partial charge in [0.2, 0.25) is 5.91 Å². The van der Waals surface area contributed by atoms with Crippen LogP contribution in [0.5, 0.6) is 0 Å². The summed E-state index contributed by atoms with van der Waals surface area (Å²) >= 11 is 1.99. The summed E-state index contributed by atoms with van der Waals surface area (Å²) in [5.74, 6) is 2.32. The Morgan fingerprint density at radius 2 is 2.00 bits per heavy atom. The van der Waals surface area contributed by atoms with Crippen LogP contribution in [-0.2, 0) is 11.3 Å². The standard InChI is InChI=1S/C17H25N3O2S/c1-2-16(21)19-13-14-4-3-5-15(12-14)17(22)18-6-7-20-8-10-23-11-9-20/h3-5,12H,2,6-11,13H2,1H3,(H,18,22)(H,19,21). The summed E-state index contributed by atoms with van der Waals surface area (Å²) < 4.78 is 0. The zero-order chi connectivity index (χ0) is 16.5. The molecule has 1 aromatic rings. The third-order valence-corrected chi connectivity index (χ3v) is 4.76. The molecule has 5 nitrogen and oxygen atoms in total. The molecular weight excluding hydrogens is 310 g/mol. The Kier molecular flexibility index (Phi) is 7.42. The van der Waals surface area contributed by atoms with E-state index in [1.807, 2.05) is 36.9 Å². The molecule has 0 atom stereocenters. The van der Waals surface area contributed by atoms with Crippen molar-refractivity contribution < 1.29 is 9.59 Å². The molecule has 2 rings (SSSR count). The molecule has 126 valence electrons. The van der Waals surface area contributed by atoms with Crippen molar-refractivity contribution in [2.45, 2.75) is 19.9 Å². The van der Waals surface area contributed by atoms with E-state index in [4.69, 9.17) is 0 Å². The number of thioether (sulfide) groups is 1. The molecule has 0 saturated carbocycles. The van der Waals surface area contributed by atoms with Crippen LogP contribution in [0.25, 0.3) is 0 Å². The lowest BCUT2D eigenvalue weighted by atomic mass is 10.1. The largest absolute Gasteiger partial charge is 0.352 e. The van der Waals surface area contributed by atoms with Gasteiger partial charge in [0.1, 0.15) is 0 Å². The molecule has 2 N–H and O–H groups in total. The fourth-order valence-electron chi connectivity index (χ4n) is 2.40. The minimum absolute atomic E-state index is 0.0135. The van der Waals surface area contributed by atoms with E-state index in [2.05, 4.69) is 15.5 Å². The van der Waals surface area contributed by atoms with Crippen molar-refractivity contribution in [2.75, 3.05) is 37.7 Å². The molecule has 0 spiro atoms. The monoisotopic (exact) mass is 335 g/mol. The maximum atomic E-state index is 12.2. The van der Waals surface area contributed by atoms with Crippen LogP contribution in [0.1, 0.15) is 29.3 Å². The third kappa shape index (κ3) is 6.23. The Balaban J connectivity index is 1.78. The highest BCUT2D eigenvalue weighted by molar-refractivity contribution is 7.99. The predicted octanol–water partition coefficient (Wildman–Crippen LogP) is 1.49. The molecule has 0 bridgehead atoms. The second-order valence-electron chi connectivity index (χ2n) is 5.54. The molecule has 6 heteroatoms. The Morgan fingerprint density at radius 1 is 1.22 bits per heavy atom. The van der Waals surface area contributed by atoms with Crippen LogP contribution in [0, 0.1) is 0 Å². The maximum absolute atomic E-state index is 12.2. The first-order chi connectivity index (χ1) is 11.2. The van der Waals surface area contributed by atoms with Crippen LogP contribution in [0.2, 0.25) is 0 Å². The molecule has 23 heavy (non-hydrogen) atoms. The number of nitrogens with zero attached hydrogens (tertiary/aromatic N) is 1. The van der Waals surface area contributed by atoms with Gasteiger partial charge in [0.05, 0.1) is 0 Å². The number of hydrogen-bond acceptors (Lipinski definition) is 4. The molecule has 1 aliphatic rings. The van der Waals surface area contributed by atoms with Crippen molar-refractivity contribution in [3.8, 4) is 0 Å². The molecule has 1 aromatic carbocycles. The second-order valence-corrected chi connectivity index (χ2v) is 6.77. The topological polar surface area (TPSA) is 61.4 Å². The van der Waals surface area contributed by atoms with E-state index in [1.54, 1.807) is 6.07 Å². The van der Waals surface area contributed by atoms with Gasteiger partial charge in [0, 0.05) is 56.2 Å². The number of hydrogen-bond donors (Lipinski definition) is 2. The summed E-state index contributed by atoms with van der Waals surface area (Å²) in [5, 5.41) is 5.80. The first kappa shape index (κ1) is 17.8. The predicted molar refractivity (Wildman–Crippen MR) is 94.7 cm³/mol. The zero-order valence-corrected chi connectivity index (χ0v) is 14.5. The minimum Gasteiger partial charge on any atom is -0.352 e. The Labute approximate surface area is 142 Å². The summed E-state index contributed by atoms with van der Waals surface area (Å²) in [6, 6.07) is 7.41. The first-order valence-corrected chi connectivity index (χ1v) is 9.28. The van der Waals surface area contributed by atoms with Crippen LogP contribution in [-0.4, -0.2) is 54.4 Å². The van der Waals surface area contributed by atoms with E-state index in [0.29, 0.717) is 25.1 Å². The summed E-state index contributed by atoms with van der Waals surface area (Å²) in [7, 11) is 0. The molecule has 1 saturated heterocycles. The number of benzene rings is 1. The molecule has 1 aliphatic heterocycles. The zero-order valence-electron chi connectivity index (χ0n) is 13.6. The van der Waals surface area contributed by atoms with Crippen molar-refractivity contribution in [2.24, 2.45) is 0 Å². The summed E-state index contributed by atoms with van der Waals surface area (Å²) in [4.78, 5) is 25.9. The summed E-state index contributed by atoms with van der Waals surface area (Å²) in [6.07, 6.45) is 0.467. The highest BCUT2D eigenvalue weighted by atomic mass is 32.2. The van der Waals surface area contributed by atoms with E-state index >= 15 is 0 Å². The van der Waals surface area contributed by atoms with Crippen LogP contribution >= 0.6 is 11.8 Å². The van der Waals surface area contributed by atoms with Crippen LogP contribution in [0.4, 0.5) is 0 Å². The van der Waals surface area contributed by atoms with Gasteiger partial charge >= 0.3 is 0 Å². The lowest BCUT2D eigenvalue weighted by Gasteiger charge is -2.26. The Morgan fingerprint density at radius 3 is 2.74 bits per heavy atom. The number of carbonyl (C=O) groups excluding carboxylic acids is 2. The summed E-state index contributed by atoms with van der Waals surface area (Å²) in [6.45, 7) is 6.05. The fourth-order valence-corrected chi connectivity index (χ4v) is 3.38. The van der Waals surface area contributed by atoms with E-state index in [1.165, 1.54) is 11.5 Å². The Hall–Kier alpha value is -1.53. The van der Waals surface area contributed by atoms with Crippen molar-refractivity contribution >= 4 is 23.6 Å². The summed E-state index contributed by atoms with van der Waals surface area (Å²) in [5.41, 5.74) is 1.58. The van der Waals surface area contributed by atoms with E-state index in [-0.39, 0.29) is 11.8 Å². The third-order valence-electron chi connectivity index (χ3n) is 3.82. The van der Waals surface area contributed by atoms with Gasteiger partial charge in [0.15, 0.2) is 0 Å². The van der Waals surface area contributed by atoms with Crippen molar-refractivity contribution in [1.82, 2.24) is 15.5 Å². The number of rotatable bonds is 7. The number of amides is 2. The van der Waals surface area contributed by atoms with E-state index < -0.39 is 0 Å². The number of nitrogens with one attached hydrogen (secondary N) is 2. The van der Waals surface area contributed by atoms with Gasteiger partial charge in [-0.2, -0.15) is 11.8 Å². The van der Waals surface area contributed by atoms with Gasteiger partial charge in [0.25, 0.3) is 5.91 Å².